The molecule has 74 valence electrons. The van der Waals surface area contributed by atoms with Gasteiger partial charge in [0.15, 0.2) is 0 Å². The van der Waals surface area contributed by atoms with E-state index in [4.69, 9.17) is 11.6 Å². The van der Waals surface area contributed by atoms with Crippen LogP contribution >= 0.6 is 11.6 Å². The summed E-state index contributed by atoms with van der Waals surface area (Å²) in [6, 6.07) is 0. The van der Waals surface area contributed by atoms with Gasteiger partial charge < -0.3 is 0 Å². The molecule has 2 atom stereocenters. The fourth-order valence-electron chi connectivity index (χ4n) is 1.73. The molecule has 12 heavy (non-hydrogen) atoms. The van der Waals surface area contributed by atoms with Gasteiger partial charge in [-0.15, -0.1) is 11.6 Å². The van der Waals surface area contributed by atoms with Crippen molar-refractivity contribution in [2.45, 2.75) is 58.8 Å². The van der Waals surface area contributed by atoms with Crippen LogP contribution < -0.4 is 0 Å². The number of hydrogen-bond acceptors (Lipinski definition) is 0. The topological polar surface area (TPSA) is 0 Å². The van der Waals surface area contributed by atoms with Crippen molar-refractivity contribution < 1.29 is 0 Å². The largest absolute Gasteiger partial charge is 0.119 e. The maximum atomic E-state index is 6.46. The van der Waals surface area contributed by atoms with Crippen molar-refractivity contribution in [3.8, 4) is 0 Å². The van der Waals surface area contributed by atoms with E-state index in [1.807, 2.05) is 0 Å². The first-order valence-corrected chi connectivity index (χ1v) is 5.46. The van der Waals surface area contributed by atoms with Crippen LogP contribution in [-0.4, -0.2) is 4.87 Å². The highest BCUT2D eigenvalue weighted by Gasteiger charge is 2.28. The molecule has 0 aromatic carbocycles. The lowest BCUT2D eigenvalue weighted by molar-refractivity contribution is 0.336. The first kappa shape index (κ1) is 12.3. The highest BCUT2D eigenvalue weighted by atomic mass is 35.5. The predicted octanol–water partition coefficient (Wildman–Crippen LogP) is 4.47. The molecule has 0 nitrogen and oxygen atoms in total. The Kier molecular flexibility index (Phi) is 5.24. The van der Waals surface area contributed by atoms with Gasteiger partial charge in [-0.05, 0) is 31.6 Å². The van der Waals surface area contributed by atoms with Gasteiger partial charge in [-0.1, -0.05) is 34.1 Å². The Hall–Kier alpha value is 0.290. The second-order valence-corrected chi connectivity index (χ2v) is 5.43. The minimum atomic E-state index is 0.00414. The third-order valence-corrected chi connectivity index (χ3v) is 3.08. The normalized spacial score (nSPS) is 19.2. The molecule has 0 heterocycles. The van der Waals surface area contributed by atoms with Gasteiger partial charge in [0, 0.05) is 4.87 Å². The monoisotopic (exact) mass is 190 g/mol. The zero-order valence-corrected chi connectivity index (χ0v) is 9.91. The fraction of sp³-hybridized carbons (Fsp3) is 1.00. The molecule has 0 aromatic heterocycles. The van der Waals surface area contributed by atoms with Gasteiger partial charge >= 0.3 is 0 Å². The van der Waals surface area contributed by atoms with Gasteiger partial charge in [-0.3, -0.25) is 0 Å². The van der Waals surface area contributed by atoms with Crippen LogP contribution in [0.15, 0.2) is 0 Å². The molecule has 0 aliphatic heterocycles. The van der Waals surface area contributed by atoms with Gasteiger partial charge in [0.25, 0.3) is 0 Å². The van der Waals surface area contributed by atoms with Crippen LogP contribution in [0.4, 0.5) is 0 Å². The molecule has 0 radical (unpaired) electrons. The molecule has 0 aliphatic rings. The minimum absolute atomic E-state index is 0.00414. The van der Waals surface area contributed by atoms with Gasteiger partial charge in [0.1, 0.15) is 0 Å². The molecule has 0 aromatic rings. The zero-order valence-electron chi connectivity index (χ0n) is 9.15. The first-order valence-electron chi connectivity index (χ1n) is 5.09. The summed E-state index contributed by atoms with van der Waals surface area (Å²) in [5, 5.41) is 0. The third-order valence-electron chi connectivity index (χ3n) is 2.56. The molecule has 0 bridgehead atoms. The summed E-state index contributed by atoms with van der Waals surface area (Å²) in [5.74, 6) is 1.33. The lowest BCUT2D eigenvalue weighted by Gasteiger charge is -2.30. The minimum Gasteiger partial charge on any atom is -0.119 e. The second kappa shape index (κ2) is 5.11. The molecular weight excluding hydrogens is 168 g/mol. The number of rotatable bonds is 5. The zero-order chi connectivity index (χ0) is 9.78. The molecule has 0 saturated heterocycles. The Labute approximate surface area is 82.7 Å². The lowest BCUT2D eigenvalue weighted by atomic mass is 9.85. The van der Waals surface area contributed by atoms with Crippen LogP contribution in [0.3, 0.4) is 0 Å². The number of halogens is 1. The standard InChI is InChI=1S/C11H23Cl/c1-6-7-10(4)11(5,12)8-9(2)3/h9-10H,6-8H2,1-5H3. The van der Waals surface area contributed by atoms with E-state index in [-0.39, 0.29) is 4.87 Å². The summed E-state index contributed by atoms with van der Waals surface area (Å²) in [5.41, 5.74) is 0. The molecule has 0 aliphatic carbocycles. The van der Waals surface area contributed by atoms with Crippen LogP contribution in [0, 0.1) is 11.8 Å². The average molecular weight is 191 g/mol. The number of alkyl halides is 1. The molecule has 0 rings (SSSR count). The molecule has 1 heteroatoms. The van der Waals surface area contributed by atoms with E-state index in [0.29, 0.717) is 11.8 Å². The van der Waals surface area contributed by atoms with Crippen molar-refractivity contribution in [3.63, 3.8) is 0 Å². The van der Waals surface area contributed by atoms with Gasteiger partial charge in [-0.2, -0.15) is 0 Å². The van der Waals surface area contributed by atoms with Crippen LogP contribution in [0.2, 0.25) is 0 Å². The van der Waals surface area contributed by atoms with Crippen molar-refractivity contribution in [1.82, 2.24) is 0 Å². The molecular formula is C11H23Cl. The van der Waals surface area contributed by atoms with Gasteiger partial charge in [0.2, 0.25) is 0 Å². The molecule has 2 unspecified atom stereocenters. The maximum absolute atomic E-state index is 6.46. The van der Waals surface area contributed by atoms with E-state index >= 15 is 0 Å². The maximum Gasteiger partial charge on any atom is 0.0446 e. The van der Waals surface area contributed by atoms with Crippen molar-refractivity contribution in [1.29, 1.82) is 0 Å². The Morgan fingerprint density at radius 1 is 1.25 bits per heavy atom. The van der Waals surface area contributed by atoms with Crippen LogP contribution in [0.1, 0.15) is 53.9 Å². The van der Waals surface area contributed by atoms with E-state index in [0.717, 1.165) is 6.42 Å². The Bertz CT molecular complexity index is 116. The molecule has 0 fully saturated rings. The SMILES string of the molecule is CCCC(C)C(C)(Cl)CC(C)C. The molecule has 0 spiro atoms. The Morgan fingerprint density at radius 3 is 2.08 bits per heavy atom. The molecule has 0 amide bonds. The third kappa shape index (κ3) is 4.35. The predicted molar refractivity (Wildman–Crippen MR) is 57.8 cm³/mol. The summed E-state index contributed by atoms with van der Waals surface area (Å²) in [6.45, 7) is 11.1. The summed E-state index contributed by atoms with van der Waals surface area (Å²) < 4.78 is 0. The Morgan fingerprint density at radius 2 is 1.75 bits per heavy atom. The van der Waals surface area contributed by atoms with Crippen LogP contribution in [-0.2, 0) is 0 Å². The summed E-state index contributed by atoms with van der Waals surface area (Å²) in [4.78, 5) is 0.00414. The van der Waals surface area contributed by atoms with Crippen LogP contribution in [0.25, 0.3) is 0 Å². The summed E-state index contributed by atoms with van der Waals surface area (Å²) in [7, 11) is 0. The van der Waals surface area contributed by atoms with Gasteiger partial charge in [0.05, 0.1) is 0 Å². The van der Waals surface area contributed by atoms with E-state index in [2.05, 4.69) is 34.6 Å². The lowest BCUT2D eigenvalue weighted by Crippen LogP contribution is -2.28. The average Bonchev–Trinajstić information content (AvgIpc) is 1.85. The quantitative estimate of drug-likeness (QED) is 0.562. The number of hydrogen-bond donors (Lipinski definition) is 0. The highest BCUT2D eigenvalue weighted by Crippen LogP contribution is 2.34. The fourth-order valence-corrected chi connectivity index (χ4v) is 2.15. The first-order chi connectivity index (χ1) is 5.40. The molecule has 0 N–H and O–H groups in total. The van der Waals surface area contributed by atoms with E-state index in [1.165, 1.54) is 12.8 Å². The molecule has 0 saturated carbocycles. The van der Waals surface area contributed by atoms with Crippen LogP contribution in [0.5, 0.6) is 0 Å². The Balaban J connectivity index is 3.99. The van der Waals surface area contributed by atoms with E-state index in [9.17, 15) is 0 Å². The smallest absolute Gasteiger partial charge is 0.0446 e. The summed E-state index contributed by atoms with van der Waals surface area (Å²) >= 11 is 6.46. The van der Waals surface area contributed by atoms with Crippen molar-refractivity contribution >= 4 is 11.6 Å². The van der Waals surface area contributed by atoms with Crippen molar-refractivity contribution in [3.05, 3.63) is 0 Å². The van der Waals surface area contributed by atoms with E-state index < -0.39 is 0 Å². The van der Waals surface area contributed by atoms with Crippen molar-refractivity contribution in [2.24, 2.45) is 11.8 Å². The van der Waals surface area contributed by atoms with E-state index in [1.54, 1.807) is 0 Å². The summed E-state index contributed by atoms with van der Waals surface area (Å²) in [6.07, 6.45) is 3.60. The van der Waals surface area contributed by atoms with Crippen molar-refractivity contribution in [2.75, 3.05) is 0 Å². The van der Waals surface area contributed by atoms with Gasteiger partial charge in [-0.25, -0.2) is 0 Å². The highest BCUT2D eigenvalue weighted by molar-refractivity contribution is 6.23. The second-order valence-electron chi connectivity index (χ2n) is 4.57.